The number of ether oxygens (including phenoxy) is 1. The molecule has 5 N–H and O–H groups in total. The highest BCUT2D eigenvalue weighted by Gasteiger charge is 2.08. The number of carbonyl (C=O) groups is 2. The molecule has 0 aliphatic rings. The number of pyridine rings is 1. The van der Waals surface area contributed by atoms with E-state index < -0.39 is 6.09 Å². The van der Waals surface area contributed by atoms with Crippen LogP contribution in [0.5, 0.6) is 0 Å². The van der Waals surface area contributed by atoms with Gasteiger partial charge in [0.1, 0.15) is 6.61 Å². The van der Waals surface area contributed by atoms with Crippen molar-refractivity contribution in [3.63, 3.8) is 0 Å². The minimum Gasteiger partial charge on any atom is -0.448 e. The predicted molar refractivity (Wildman–Crippen MR) is 56.5 cm³/mol. The van der Waals surface area contributed by atoms with Gasteiger partial charge in [0.25, 0.3) is 5.91 Å². The van der Waals surface area contributed by atoms with Crippen molar-refractivity contribution in [3.8, 4) is 0 Å². The summed E-state index contributed by atoms with van der Waals surface area (Å²) >= 11 is 0. The SMILES string of the molecule is NC(=O)OCCNC(=O)c1ccncc1N. The summed E-state index contributed by atoms with van der Waals surface area (Å²) in [7, 11) is 0. The van der Waals surface area contributed by atoms with Gasteiger partial charge in [-0.15, -0.1) is 0 Å². The van der Waals surface area contributed by atoms with E-state index in [-0.39, 0.29) is 24.7 Å². The summed E-state index contributed by atoms with van der Waals surface area (Å²) in [5.41, 5.74) is 10.9. The number of hydrogen-bond acceptors (Lipinski definition) is 5. The van der Waals surface area contributed by atoms with Crippen molar-refractivity contribution in [1.82, 2.24) is 10.3 Å². The maximum absolute atomic E-state index is 11.5. The second-order valence-electron chi connectivity index (χ2n) is 2.89. The maximum Gasteiger partial charge on any atom is 0.404 e. The molecule has 0 unspecified atom stereocenters. The lowest BCUT2D eigenvalue weighted by Crippen LogP contribution is -2.29. The number of nitrogens with two attached hydrogens (primary N) is 2. The van der Waals surface area contributed by atoms with E-state index in [4.69, 9.17) is 11.5 Å². The Morgan fingerprint density at radius 2 is 2.25 bits per heavy atom. The highest BCUT2D eigenvalue weighted by molar-refractivity contribution is 5.98. The Morgan fingerprint density at radius 1 is 1.50 bits per heavy atom. The van der Waals surface area contributed by atoms with Gasteiger partial charge in [-0.2, -0.15) is 0 Å². The number of nitrogens with one attached hydrogen (secondary N) is 1. The van der Waals surface area contributed by atoms with Crippen LogP contribution in [0.15, 0.2) is 18.5 Å². The molecular formula is C9H12N4O3. The molecule has 2 amide bonds. The third kappa shape index (κ3) is 3.45. The molecule has 0 saturated carbocycles. The molecule has 7 nitrogen and oxygen atoms in total. The van der Waals surface area contributed by atoms with E-state index in [1.165, 1.54) is 18.5 Å². The standard InChI is InChI=1S/C9H12N4O3/c10-7-5-12-2-1-6(7)8(14)13-3-4-16-9(11)15/h1-2,5H,3-4,10H2,(H2,11,15)(H,13,14). The fourth-order valence-electron chi connectivity index (χ4n) is 1.02. The number of amides is 2. The first-order valence-electron chi connectivity index (χ1n) is 4.51. The number of aromatic nitrogens is 1. The lowest BCUT2D eigenvalue weighted by molar-refractivity contribution is 0.0937. The van der Waals surface area contributed by atoms with E-state index in [1.807, 2.05) is 0 Å². The Morgan fingerprint density at radius 3 is 2.88 bits per heavy atom. The summed E-state index contributed by atoms with van der Waals surface area (Å²) in [5.74, 6) is -0.354. The first-order chi connectivity index (χ1) is 7.61. The van der Waals surface area contributed by atoms with Crippen LogP contribution in [0.3, 0.4) is 0 Å². The molecule has 0 saturated heterocycles. The zero-order chi connectivity index (χ0) is 12.0. The van der Waals surface area contributed by atoms with Crippen LogP contribution in [0.4, 0.5) is 10.5 Å². The van der Waals surface area contributed by atoms with Gasteiger partial charge < -0.3 is 21.5 Å². The number of hydrogen-bond donors (Lipinski definition) is 3. The third-order valence-corrected chi connectivity index (χ3v) is 1.73. The van der Waals surface area contributed by atoms with E-state index in [9.17, 15) is 9.59 Å². The predicted octanol–water partition coefficient (Wildman–Crippen LogP) is -0.511. The number of nitrogens with zero attached hydrogens (tertiary/aromatic N) is 1. The quantitative estimate of drug-likeness (QED) is 0.595. The lowest BCUT2D eigenvalue weighted by atomic mass is 10.2. The number of carbonyl (C=O) groups excluding carboxylic acids is 2. The molecule has 1 heterocycles. The molecule has 0 aliphatic heterocycles. The summed E-state index contributed by atoms with van der Waals surface area (Å²) in [6.45, 7) is 0.190. The molecule has 0 fully saturated rings. The molecule has 7 heteroatoms. The largest absolute Gasteiger partial charge is 0.448 e. The Kier molecular flexibility index (Phi) is 4.07. The molecule has 0 bridgehead atoms. The average molecular weight is 224 g/mol. The molecular weight excluding hydrogens is 212 g/mol. The van der Waals surface area contributed by atoms with Crippen molar-refractivity contribution < 1.29 is 14.3 Å². The van der Waals surface area contributed by atoms with Gasteiger partial charge in [0, 0.05) is 6.20 Å². The van der Waals surface area contributed by atoms with Crippen molar-refractivity contribution in [1.29, 1.82) is 0 Å². The molecule has 0 aromatic carbocycles. The smallest absolute Gasteiger partial charge is 0.404 e. The molecule has 0 aliphatic carbocycles. The first kappa shape index (κ1) is 11.8. The van der Waals surface area contributed by atoms with Crippen LogP contribution < -0.4 is 16.8 Å². The van der Waals surface area contributed by atoms with Crippen LogP contribution >= 0.6 is 0 Å². The number of primary amides is 1. The Bertz CT molecular complexity index is 394. The molecule has 1 rings (SSSR count). The summed E-state index contributed by atoms with van der Waals surface area (Å²) in [6.07, 6.45) is 1.97. The van der Waals surface area contributed by atoms with Crippen LogP contribution in [0.25, 0.3) is 0 Å². The van der Waals surface area contributed by atoms with E-state index in [0.717, 1.165) is 0 Å². The van der Waals surface area contributed by atoms with Crippen LogP contribution in [-0.4, -0.2) is 30.1 Å². The van der Waals surface area contributed by atoms with E-state index >= 15 is 0 Å². The number of rotatable bonds is 4. The van der Waals surface area contributed by atoms with E-state index in [0.29, 0.717) is 5.56 Å². The van der Waals surface area contributed by atoms with Gasteiger partial charge in [-0.1, -0.05) is 0 Å². The number of anilines is 1. The van der Waals surface area contributed by atoms with Crippen LogP contribution in [0.1, 0.15) is 10.4 Å². The second kappa shape index (κ2) is 5.54. The molecule has 16 heavy (non-hydrogen) atoms. The summed E-state index contributed by atoms with van der Waals surface area (Å²) in [4.78, 5) is 25.5. The van der Waals surface area contributed by atoms with Crippen LogP contribution in [-0.2, 0) is 4.74 Å². The van der Waals surface area contributed by atoms with Crippen molar-refractivity contribution in [2.45, 2.75) is 0 Å². The van der Waals surface area contributed by atoms with Gasteiger partial charge >= 0.3 is 6.09 Å². The van der Waals surface area contributed by atoms with Crippen molar-refractivity contribution in [2.24, 2.45) is 5.73 Å². The minimum atomic E-state index is -0.877. The third-order valence-electron chi connectivity index (χ3n) is 1.73. The maximum atomic E-state index is 11.5. The highest BCUT2D eigenvalue weighted by Crippen LogP contribution is 2.07. The molecule has 1 aromatic rings. The molecule has 1 aromatic heterocycles. The molecule has 0 atom stereocenters. The van der Waals surface area contributed by atoms with Gasteiger partial charge in [0.2, 0.25) is 0 Å². The summed E-state index contributed by atoms with van der Waals surface area (Å²) < 4.78 is 4.44. The Hall–Kier alpha value is -2.31. The number of nitrogen functional groups attached to an aromatic ring is 1. The zero-order valence-corrected chi connectivity index (χ0v) is 8.47. The van der Waals surface area contributed by atoms with Crippen LogP contribution in [0.2, 0.25) is 0 Å². The zero-order valence-electron chi connectivity index (χ0n) is 8.47. The lowest BCUT2D eigenvalue weighted by Gasteiger charge is -2.06. The second-order valence-corrected chi connectivity index (χ2v) is 2.89. The van der Waals surface area contributed by atoms with E-state index in [2.05, 4.69) is 15.0 Å². The minimum absolute atomic E-state index is 0.0199. The summed E-state index contributed by atoms with van der Waals surface area (Å²) in [6, 6.07) is 1.50. The normalized spacial score (nSPS) is 9.50. The molecule has 0 spiro atoms. The van der Waals surface area contributed by atoms with Crippen molar-refractivity contribution in [3.05, 3.63) is 24.0 Å². The fraction of sp³-hybridized carbons (Fsp3) is 0.222. The van der Waals surface area contributed by atoms with Crippen LogP contribution in [0, 0.1) is 0 Å². The first-order valence-corrected chi connectivity index (χ1v) is 4.51. The fourth-order valence-corrected chi connectivity index (χ4v) is 1.02. The van der Waals surface area contributed by atoms with Gasteiger partial charge in [0.05, 0.1) is 24.0 Å². The van der Waals surface area contributed by atoms with Crippen molar-refractivity contribution >= 4 is 17.7 Å². The highest BCUT2D eigenvalue weighted by atomic mass is 16.5. The van der Waals surface area contributed by atoms with Gasteiger partial charge in [-0.05, 0) is 6.07 Å². The average Bonchev–Trinajstić information content (AvgIpc) is 2.24. The molecule has 0 radical (unpaired) electrons. The Balaban J connectivity index is 2.41. The molecule has 86 valence electrons. The Labute approximate surface area is 91.8 Å². The van der Waals surface area contributed by atoms with E-state index in [1.54, 1.807) is 0 Å². The monoisotopic (exact) mass is 224 g/mol. The van der Waals surface area contributed by atoms with Crippen molar-refractivity contribution in [2.75, 3.05) is 18.9 Å². The van der Waals surface area contributed by atoms with Gasteiger partial charge in [-0.3, -0.25) is 9.78 Å². The topological polar surface area (TPSA) is 120 Å². The van der Waals surface area contributed by atoms with Gasteiger partial charge in [-0.25, -0.2) is 4.79 Å². The van der Waals surface area contributed by atoms with Gasteiger partial charge in [0.15, 0.2) is 0 Å². The summed E-state index contributed by atoms with van der Waals surface area (Å²) in [5, 5.41) is 2.52.